The summed E-state index contributed by atoms with van der Waals surface area (Å²) in [6.07, 6.45) is 7.93. The number of nitrogens with one attached hydrogen (secondary N) is 2. The number of nitrogens with zero attached hydrogens (tertiary/aromatic N) is 1. The van der Waals surface area contributed by atoms with Gasteiger partial charge in [-0.15, -0.1) is 0 Å². The van der Waals surface area contributed by atoms with Gasteiger partial charge < -0.3 is 4.90 Å². The van der Waals surface area contributed by atoms with Gasteiger partial charge in [0.05, 0.1) is 12.6 Å². The van der Waals surface area contributed by atoms with Gasteiger partial charge in [0.25, 0.3) is 0 Å². The number of rotatable bonds is 2. The molecule has 0 amide bonds. The van der Waals surface area contributed by atoms with Gasteiger partial charge in [0.1, 0.15) is 45.0 Å². The molecule has 0 bridgehead atoms. The van der Waals surface area contributed by atoms with Gasteiger partial charge in [0, 0.05) is 25.7 Å². The SMILES string of the molecule is CC[NH+]1CC[NH+](C2=CC(=[N+]3CCCC3)CC(C)(C)C2)CC1. The molecule has 2 heterocycles. The minimum Gasteiger partial charge on any atom is -0.326 e. The van der Waals surface area contributed by atoms with E-state index in [1.807, 2.05) is 0 Å². The van der Waals surface area contributed by atoms with Crippen molar-refractivity contribution in [3.05, 3.63) is 11.8 Å². The van der Waals surface area contributed by atoms with Gasteiger partial charge in [-0.25, -0.2) is 4.58 Å². The molecular formula is C18H34N3+3. The van der Waals surface area contributed by atoms with Gasteiger partial charge in [-0.2, -0.15) is 0 Å². The van der Waals surface area contributed by atoms with Crippen molar-refractivity contribution in [3.63, 3.8) is 0 Å². The van der Waals surface area contributed by atoms with Gasteiger partial charge in [-0.1, -0.05) is 13.8 Å². The van der Waals surface area contributed by atoms with Gasteiger partial charge in [0.15, 0.2) is 5.71 Å². The lowest BCUT2D eigenvalue weighted by Crippen LogP contribution is -3.27. The molecular weight excluding hydrogens is 258 g/mol. The first-order chi connectivity index (χ1) is 10.1. The summed E-state index contributed by atoms with van der Waals surface area (Å²) in [5, 5.41) is 0. The van der Waals surface area contributed by atoms with Crippen molar-refractivity contribution in [2.24, 2.45) is 5.41 Å². The Balaban J connectivity index is 1.78. The highest BCUT2D eigenvalue weighted by atomic mass is 15.3. The second kappa shape index (κ2) is 6.21. The molecule has 0 atom stereocenters. The van der Waals surface area contributed by atoms with Crippen LogP contribution in [-0.2, 0) is 0 Å². The van der Waals surface area contributed by atoms with Crippen LogP contribution >= 0.6 is 0 Å². The van der Waals surface area contributed by atoms with E-state index in [0.29, 0.717) is 5.41 Å². The predicted octanol–water partition coefficient (Wildman–Crippen LogP) is -0.259. The quantitative estimate of drug-likeness (QED) is 0.651. The molecule has 0 saturated carbocycles. The summed E-state index contributed by atoms with van der Waals surface area (Å²) >= 11 is 0. The summed E-state index contributed by atoms with van der Waals surface area (Å²) in [5.41, 5.74) is 3.78. The van der Waals surface area contributed by atoms with E-state index >= 15 is 0 Å². The Morgan fingerprint density at radius 1 is 1.05 bits per heavy atom. The van der Waals surface area contributed by atoms with Crippen molar-refractivity contribution < 1.29 is 14.4 Å². The fourth-order valence-electron chi connectivity index (χ4n) is 4.39. The van der Waals surface area contributed by atoms with Crippen LogP contribution in [0, 0.1) is 5.41 Å². The molecule has 2 saturated heterocycles. The molecule has 0 aromatic heterocycles. The molecule has 3 heteroatoms. The molecule has 0 aromatic rings. The number of likely N-dealkylation sites (N-methyl/N-ethyl adjacent to an activating group) is 1. The van der Waals surface area contributed by atoms with E-state index in [1.165, 1.54) is 71.5 Å². The van der Waals surface area contributed by atoms with Crippen LogP contribution < -0.4 is 9.80 Å². The Labute approximate surface area is 130 Å². The molecule has 3 aliphatic rings. The highest BCUT2D eigenvalue weighted by molar-refractivity contribution is 5.92. The Bertz CT molecular complexity index is 431. The average molecular weight is 292 g/mol. The van der Waals surface area contributed by atoms with Gasteiger partial charge >= 0.3 is 0 Å². The van der Waals surface area contributed by atoms with Crippen LogP contribution in [0.5, 0.6) is 0 Å². The second-order valence-electron chi connectivity index (χ2n) is 8.08. The lowest BCUT2D eigenvalue weighted by molar-refractivity contribution is -0.996. The van der Waals surface area contributed by atoms with E-state index in [2.05, 4.69) is 31.4 Å². The largest absolute Gasteiger partial charge is 0.326 e. The molecule has 21 heavy (non-hydrogen) atoms. The molecule has 2 aliphatic heterocycles. The summed E-state index contributed by atoms with van der Waals surface area (Å²) in [5.74, 6) is 0. The zero-order chi connectivity index (χ0) is 14.9. The maximum Gasteiger partial charge on any atom is 0.182 e. The van der Waals surface area contributed by atoms with E-state index in [4.69, 9.17) is 0 Å². The Morgan fingerprint density at radius 2 is 1.71 bits per heavy atom. The first-order valence-corrected chi connectivity index (χ1v) is 9.07. The molecule has 0 unspecified atom stereocenters. The Morgan fingerprint density at radius 3 is 2.33 bits per heavy atom. The number of hydrogen-bond acceptors (Lipinski definition) is 0. The van der Waals surface area contributed by atoms with E-state index in [9.17, 15) is 0 Å². The Hall–Kier alpha value is -0.670. The zero-order valence-corrected chi connectivity index (χ0v) is 14.3. The third kappa shape index (κ3) is 3.57. The van der Waals surface area contributed by atoms with Crippen LogP contribution in [0.1, 0.15) is 46.5 Å². The second-order valence-corrected chi connectivity index (χ2v) is 8.08. The molecule has 2 fully saturated rings. The Kier molecular flexibility index (Phi) is 4.51. The standard InChI is InChI=1S/C18H32N3/c1-4-19-9-11-21(12-10-19)17-13-16(14-18(2,3)15-17)20-7-5-6-8-20/h13H,4-12,14-15H2,1-3H3/q+1/p+2. The fourth-order valence-corrected chi connectivity index (χ4v) is 4.39. The topological polar surface area (TPSA) is 11.9 Å². The van der Waals surface area contributed by atoms with Crippen LogP contribution in [0.25, 0.3) is 0 Å². The normalized spacial score (nSPS) is 33.2. The van der Waals surface area contributed by atoms with Crippen molar-refractivity contribution in [1.29, 1.82) is 0 Å². The monoisotopic (exact) mass is 292 g/mol. The van der Waals surface area contributed by atoms with Crippen LogP contribution in [0.3, 0.4) is 0 Å². The number of piperazine rings is 1. The van der Waals surface area contributed by atoms with Crippen molar-refractivity contribution >= 4 is 5.71 Å². The van der Waals surface area contributed by atoms with Crippen molar-refractivity contribution in [2.75, 3.05) is 45.8 Å². The minimum atomic E-state index is 0.448. The smallest absolute Gasteiger partial charge is 0.182 e. The highest BCUT2D eigenvalue weighted by Gasteiger charge is 2.37. The minimum absolute atomic E-state index is 0.448. The summed E-state index contributed by atoms with van der Waals surface area (Å²) in [6.45, 7) is 16.5. The molecule has 0 aromatic carbocycles. The predicted molar refractivity (Wildman–Crippen MR) is 87.3 cm³/mol. The van der Waals surface area contributed by atoms with E-state index in [0.717, 1.165) is 0 Å². The molecule has 0 radical (unpaired) electrons. The van der Waals surface area contributed by atoms with Crippen molar-refractivity contribution in [3.8, 4) is 0 Å². The molecule has 118 valence electrons. The zero-order valence-electron chi connectivity index (χ0n) is 14.3. The molecule has 1 aliphatic carbocycles. The maximum atomic E-state index is 2.66. The molecule has 0 spiro atoms. The fraction of sp³-hybridized carbons (Fsp3) is 0.833. The van der Waals surface area contributed by atoms with Crippen LogP contribution in [0.4, 0.5) is 0 Å². The average Bonchev–Trinajstić information content (AvgIpc) is 3.00. The third-order valence-corrected chi connectivity index (χ3v) is 5.70. The van der Waals surface area contributed by atoms with E-state index in [1.54, 1.807) is 21.2 Å². The van der Waals surface area contributed by atoms with E-state index < -0.39 is 0 Å². The lowest BCUT2D eigenvalue weighted by Gasteiger charge is -2.35. The van der Waals surface area contributed by atoms with Gasteiger partial charge in [-0.05, 0) is 12.3 Å². The number of allylic oxidation sites excluding steroid dienone is 2. The molecule has 3 rings (SSSR count). The summed E-state index contributed by atoms with van der Waals surface area (Å²) in [4.78, 5) is 3.56. The first-order valence-electron chi connectivity index (χ1n) is 9.07. The highest BCUT2D eigenvalue weighted by Crippen LogP contribution is 2.32. The van der Waals surface area contributed by atoms with Crippen molar-refractivity contribution in [1.82, 2.24) is 0 Å². The summed E-state index contributed by atoms with van der Waals surface area (Å²) < 4.78 is 2.66. The number of hydrogen-bond donors (Lipinski definition) is 2. The van der Waals surface area contributed by atoms with Crippen molar-refractivity contribution in [2.45, 2.75) is 46.5 Å². The first kappa shape index (κ1) is 15.2. The van der Waals surface area contributed by atoms with E-state index in [-0.39, 0.29) is 0 Å². The van der Waals surface area contributed by atoms with Crippen LogP contribution in [0.2, 0.25) is 0 Å². The lowest BCUT2D eigenvalue weighted by atomic mass is 9.78. The third-order valence-electron chi connectivity index (χ3n) is 5.70. The van der Waals surface area contributed by atoms with Crippen LogP contribution in [0.15, 0.2) is 11.8 Å². The maximum absolute atomic E-state index is 2.66. The summed E-state index contributed by atoms with van der Waals surface area (Å²) in [6, 6.07) is 0. The van der Waals surface area contributed by atoms with Gasteiger partial charge in [0.2, 0.25) is 0 Å². The van der Waals surface area contributed by atoms with Crippen LogP contribution in [-0.4, -0.2) is 56.1 Å². The number of quaternary nitrogens is 2. The molecule has 2 N–H and O–H groups in total. The summed E-state index contributed by atoms with van der Waals surface area (Å²) in [7, 11) is 0. The molecule has 3 nitrogen and oxygen atoms in total. The van der Waals surface area contributed by atoms with Gasteiger partial charge in [-0.3, -0.25) is 4.90 Å².